The van der Waals surface area contributed by atoms with E-state index in [2.05, 4.69) is 60.4 Å². The summed E-state index contributed by atoms with van der Waals surface area (Å²) in [7, 11) is 0. The number of hydrazine groups is 1. The predicted octanol–water partition coefficient (Wildman–Crippen LogP) is 8.02. The van der Waals surface area contributed by atoms with Crippen LogP contribution in [0.4, 0.5) is 10.1 Å². The maximum Gasteiger partial charge on any atom is 0.305 e. The van der Waals surface area contributed by atoms with E-state index in [-0.39, 0.29) is 48.5 Å². The van der Waals surface area contributed by atoms with Crippen LogP contribution < -0.4 is 16.2 Å². The molecular formula is C35H39ClFN3O3. The van der Waals surface area contributed by atoms with Crippen LogP contribution in [0.1, 0.15) is 91.4 Å². The summed E-state index contributed by atoms with van der Waals surface area (Å²) in [5.41, 5.74) is 13.0. The zero-order chi connectivity index (χ0) is 30.5. The summed E-state index contributed by atoms with van der Waals surface area (Å²) in [4.78, 5) is 23.4. The number of carboxylic acid groups (broad SMARTS) is 1. The number of carbonyl (C=O) groups is 2. The number of amides is 1. The summed E-state index contributed by atoms with van der Waals surface area (Å²) in [5.74, 6) is -1.21. The number of carbonyl (C=O) groups excluding carboxylic acids is 1. The molecule has 0 bridgehead atoms. The summed E-state index contributed by atoms with van der Waals surface area (Å²) in [6.07, 6.45) is 14.8. The predicted molar refractivity (Wildman–Crippen MR) is 170 cm³/mol. The molecule has 43 heavy (non-hydrogen) atoms. The molecule has 226 valence electrons. The van der Waals surface area contributed by atoms with Crippen LogP contribution in [0.15, 0.2) is 77.4 Å². The van der Waals surface area contributed by atoms with E-state index in [1.54, 1.807) is 18.2 Å². The third kappa shape index (κ3) is 7.11. The number of fused-ring (bicyclic) bond motifs is 1. The summed E-state index contributed by atoms with van der Waals surface area (Å²) in [6.45, 7) is 4.36. The van der Waals surface area contributed by atoms with Gasteiger partial charge in [-0.15, -0.1) is 0 Å². The fourth-order valence-corrected chi connectivity index (χ4v) is 6.70. The van der Waals surface area contributed by atoms with Crippen molar-refractivity contribution in [3.63, 3.8) is 0 Å². The van der Waals surface area contributed by atoms with Crippen molar-refractivity contribution in [1.82, 2.24) is 10.7 Å². The Morgan fingerprint density at radius 3 is 2.60 bits per heavy atom. The topological polar surface area (TPSA) is 90.5 Å². The minimum Gasteiger partial charge on any atom is -0.481 e. The van der Waals surface area contributed by atoms with Crippen LogP contribution in [0.2, 0.25) is 0 Å². The van der Waals surface area contributed by atoms with Gasteiger partial charge in [-0.05, 0) is 103 Å². The summed E-state index contributed by atoms with van der Waals surface area (Å²) in [5, 5.41) is 12.3. The van der Waals surface area contributed by atoms with E-state index >= 15 is 4.39 Å². The molecule has 1 amide bonds. The van der Waals surface area contributed by atoms with Gasteiger partial charge in [0.05, 0.1) is 18.2 Å². The fourth-order valence-electron chi connectivity index (χ4n) is 6.54. The Hall–Kier alpha value is -3.68. The highest BCUT2D eigenvalue weighted by Crippen LogP contribution is 2.49. The molecule has 0 aromatic heterocycles. The molecule has 8 heteroatoms. The molecule has 2 aromatic carbocycles. The highest BCUT2D eigenvalue weighted by atomic mass is 35.5. The molecule has 0 radical (unpaired) electrons. The summed E-state index contributed by atoms with van der Waals surface area (Å²) in [6, 6.07) is 11.2. The number of rotatable bonds is 11. The van der Waals surface area contributed by atoms with Crippen LogP contribution in [-0.4, -0.2) is 23.5 Å². The zero-order valence-corrected chi connectivity index (χ0v) is 25.4. The second kappa shape index (κ2) is 13.7. The molecule has 4 unspecified atom stereocenters. The normalized spacial score (nSPS) is 20.7. The largest absolute Gasteiger partial charge is 0.481 e. The molecule has 4 N–H and O–H groups in total. The molecule has 6 nitrogen and oxygen atoms in total. The Kier molecular flexibility index (Phi) is 9.83. The first kappa shape index (κ1) is 30.8. The number of hydrogen-bond acceptors (Lipinski definition) is 4. The van der Waals surface area contributed by atoms with Crippen LogP contribution >= 0.6 is 11.6 Å². The molecule has 3 aliphatic rings. The van der Waals surface area contributed by atoms with Crippen molar-refractivity contribution in [2.45, 2.75) is 64.3 Å². The highest BCUT2D eigenvalue weighted by Gasteiger charge is 2.40. The van der Waals surface area contributed by atoms with Gasteiger partial charge < -0.3 is 15.8 Å². The molecule has 1 aliphatic heterocycles. The summed E-state index contributed by atoms with van der Waals surface area (Å²) >= 11 is 6.34. The molecule has 5 rings (SSSR count). The average molecular weight is 604 g/mol. The van der Waals surface area contributed by atoms with Gasteiger partial charge in [0.1, 0.15) is 5.82 Å². The maximum atomic E-state index is 15.6. The first-order chi connectivity index (χ1) is 20.7. The van der Waals surface area contributed by atoms with Crippen LogP contribution in [0.3, 0.4) is 0 Å². The van der Waals surface area contributed by atoms with Gasteiger partial charge >= 0.3 is 5.97 Å². The van der Waals surface area contributed by atoms with Gasteiger partial charge in [-0.1, -0.05) is 67.0 Å². The first-order valence-corrected chi connectivity index (χ1v) is 15.5. The second-order valence-electron chi connectivity index (χ2n) is 11.7. The number of aliphatic carboxylic acids is 1. The monoisotopic (exact) mass is 603 g/mol. The SMILES string of the molecule is CCCC(c1ccc(C(=O)NCCC(=O)O)cc1)C(C1C=CC(Cl)=CC1)C1NNc2c(F)cc(C3=CC=C(C)CC3)cc21. The van der Waals surface area contributed by atoms with Gasteiger partial charge in [-0.2, -0.15) is 0 Å². The Balaban J connectivity index is 1.50. The fraction of sp³-hybridized carbons (Fsp3) is 0.371. The summed E-state index contributed by atoms with van der Waals surface area (Å²) < 4.78 is 15.6. The van der Waals surface area contributed by atoms with Crippen molar-refractivity contribution >= 4 is 34.7 Å². The maximum absolute atomic E-state index is 15.6. The van der Waals surface area contributed by atoms with Gasteiger partial charge in [0.2, 0.25) is 0 Å². The van der Waals surface area contributed by atoms with Crippen molar-refractivity contribution < 1.29 is 19.1 Å². The van der Waals surface area contributed by atoms with E-state index in [4.69, 9.17) is 16.7 Å². The Bertz CT molecular complexity index is 1490. The molecule has 0 saturated carbocycles. The molecule has 2 aromatic rings. The lowest BCUT2D eigenvalue weighted by Gasteiger charge is -2.38. The molecule has 2 aliphatic carbocycles. The number of allylic oxidation sites excluding steroid dienone is 8. The van der Waals surface area contributed by atoms with Crippen molar-refractivity contribution in [3.8, 4) is 0 Å². The molecule has 0 fully saturated rings. The van der Waals surface area contributed by atoms with E-state index < -0.39 is 5.97 Å². The van der Waals surface area contributed by atoms with Crippen LogP contribution in [0, 0.1) is 17.7 Å². The van der Waals surface area contributed by atoms with Gasteiger partial charge in [0.15, 0.2) is 0 Å². The minimum atomic E-state index is -0.956. The number of hydrogen-bond donors (Lipinski definition) is 4. The Morgan fingerprint density at radius 2 is 1.95 bits per heavy atom. The van der Waals surface area contributed by atoms with E-state index in [1.165, 1.54) is 5.57 Å². The van der Waals surface area contributed by atoms with Gasteiger partial charge in [-0.3, -0.25) is 9.59 Å². The van der Waals surface area contributed by atoms with Crippen molar-refractivity contribution in [1.29, 1.82) is 0 Å². The zero-order valence-electron chi connectivity index (χ0n) is 24.6. The number of carboxylic acids is 1. The van der Waals surface area contributed by atoms with Crippen LogP contribution in [0.5, 0.6) is 0 Å². The first-order valence-electron chi connectivity index (χ1n) is 15.1. The standard InChI is InChI=1S/C35H39ClFN3O3/c1-3-4-28(23-9-11-25(12-10-23)35(43)38-18-17-31(41)42)32(24-13-15-27(36)16-14-24)34-29-19-26(20-30(37)33(29)39-40-34)22-7-5-21(2)6-8-22/h5,7,9-13,15-16,19-20,24,28,32,34,39-40H,3-4,6,8,14,17-18H2,1-2H3,(H,38,43)(H,41,42). The Morgan fingerprint density at radius 1 is 1.16 bits per heavy atom. The highest BCUT2D eigenvalue weighted by molar-refractivity contribution is 6.31. The van der Waals surface area contributed by atoms with E-state index in [0.717, 1.165) is 59.4 Å². The van der Waals surface area contributed by atoms with E-state index in [9.17, 15) is 9.59 Å². The number of halogens is 2. The molecule has 1 heterocycles. The Labute approximate surface area is 257 Å². The van der Waals surface area contributed by atoms with Crippen LogP contribution in [-0.2, 0) is 4.79 Å². The third-order valence-electron chi connectivity index (χ3n) is 8.79. The second-order valence-corrected chi connectivity index (χ2v) is 12.2. The number of anilines is 1. The number of benzene rings is 2. The molecule has 0 saturated heterocycles. The minimum absolute atomic E-state index is 0.0540. The lowest BCUT2D eigenvalue weighted by atomic mass is 9.68. The van der Waals surface area contributed by atoms with Gasteiger partial charge in [0.25, 0.3) is 5.91 Å². The van der Waals surface area contributed by atoms with Crippen molar-refractivity contribution in [3.05, 3.63) is 105 Å². The van der Waals surface area contributed by atoms with Gasteiger partial charge in [-0.25, -0.2) is 9.82 Å². The lowest BCUT2D eigenvalue weighted by Crippen LogP contribution is -2.35. The van der Waals surface area contributed by atoms with E-state index in [1.807, 2.05) is 18.2 Å². The molecular weight excluding hydrogens is 565 g/mol. The van der Waals surface area contributed by atoms with Crippen molar-refractivity contribution in [2.75, 3.05) is 12.0 Å². The van der Waals surface area contributed by atoms with Crippen LogP contribution in [0.25, 0.3) is 5.57 Å². The number of nitrogens with one attached hydrogen (secondary N) is 3. The quantitative estimate of drug-likeness (QED) is 0.209. The third-order valence-corrected chi connectivity index (χ3v) is 9.07. The van der Waals surface area contributed by atoms with Crippen molar-refractivity contribution in [2.24, 2.45) is 11.8 Å². The van der Waals surface area contributed by atoms with Gasteiger partial charge in [0, 0.05) is 17.1 Å². The molecule has 0 spiro atoms. The smallest absolute Gasteiger partial charge is 0.305 e. The average Bonchev–Trinajstić information content (AvgIpc) is 3.42. The molecule has 4 atom stereocenters. The lowest BCUT2D eigenvalue weighted by molar-refractivity contribution is -0.136. The van der Waals surface area contributed by atoms with E-state index in [0.29, 0.717) is 11.3 Å².